The molecule has 1 fully saturated rings. The van der Waals surface area contributed by atoms with Crippen molar-refractivity contribution in [2.45, 2.75) is 25.9 Å². The van der Waals surface area contributed by atoms with E-state index in [1.165, 1.54) is 5.69 Å². The van der Waals surface area contributed by atoms with E-state index in [1.807, 2.05) is 26.0 Å². The van der Waals surface area contributed by atoms with Gasteiger partial charge in [-0.3, -0.25) is 4.90 Å². The standard InChI is InChI=1S/C15H23ClN2O/c1-3-15(2,19)12-17-8-10-18(11-9-17)14-6-4-13(16)5-7-14/h4-7,19H,3,8-12H2,1-2H3. The van der Waals surface area contributed by atoms with Crippen LogP contribution in [-0.4, -0.2) is 48.3 Å². The highest BCUT2D eigenvalue weighted by Gasteiger charge is 2.24. The molecule has 106 valence electrons. The van der Waals surface area contributed by atoms with E-state index < -0.39 is 5.60 Å². The number of hydrogen-bond donors (Lipinski definition) is 1. The molecule has 0 spiro atoms. The highest BCUT2D eigenvalue weighted by molar-refractivity contribution is 6.30. The van der Waals surface area contributed by atoms with Crippen molar-refractivity contribution in [1.29, 1.82) is 0 Å². The van der Waals surface area contributed by atoms with Crippen molar-refractivity contribution >= 4 is 17.3 Å². The van der Waals surface area contributed by atoms with Crippen LogP contribution in [0, 0.1) is 0 Å². The summed E-state index contributed by atoms with van der Waals surface area (Å²) < 4.78 is 0. The molecule has 4 heteroatoms. The molecule has 1 heterocycles. The molecule has 0 saturated carbocycles. The summed E-state index contributed by atoms with van der Waals surface area (Å²) in [5, 5.41) is 10.9. The Balaban J connectivity index is 1.87. The predicted octanol–water partition coefficient (Wildman–Crippen LogP) is 2.62. The lowest BCUT2D eigenvalue weighted by molar-refractivity contribution is 0.0149. The van der Waals surface area contributed by atoms with Gasteiger partial charge in [-0.25, -0.2) is 0 Å². The van der Waals surface area contributed by atoms with E-state index in [4.69, 9.17) is 11.6 Å². The van der Waals surface area contributed by atoms with Crippen LogP contribution in [0.2, 0.25) is 5.02 Å². The first-order valence-electron chi connectivity index (χ1n) is 6.95. The summed E-state index contributed by atoms with van der Waals surface area (Å²) in [7, 11) is 0. The Kier molecular flexibility index (Phi) is 4.71. The summed E-state index contributed by atoms with van der Waals surface area (Å²) in [4.78, 5) is 4.71. The number of benzene rings is 1. The lowest BCUT2D eigenvalue weighted by Crippen LogP contribution is -2.51. The van der Waals surface area contributed by atoms with Crippen LogP contribution in [0.15, 0.2) is 24.3 Å². The lowest BCUT2D eigenvalue weighted by atomic mass is 10.0. The molecule has 1 unspecified atom stereocenters. The number of nitrogens with zero attached hydrogens (tertiary/aromatic N) is 2. The van der Waals surface area contributed by atoms with Crippen LogP contribution >= 0.6 is 11.6 Å². The first kappa shape index (κ1) is 14.6. The van der Waals surface area contributed by atoms with Crippen molar-refractivity contribution in [2.75, 3.05) is 37.6 Å². The zero-order chi connectivity index (χ0) is 13.9. The molecule has 0 aliphatic carbocycles. The summed E-state index contributed by atoms with van der Waals surface area (Å²) in [5.41, 5.74) is 0.661. The summed E-state index contributed by atoms with van der Waals surface area (Å²) >= 11 is 5.91. The van der Waals surface area contributed by atoms with Crippen LogP contribution in [0.25, 0.3) is 0 Å². The zero-order valence-electron chi connectivity index (χ0n) is 11.8. The Hall–Kier alpha value is -0.770. The molecule has 19 heavy (non-hydrogen) atoms. The van der Waals surface area contributed by atoms with Gasteiger partial charge in [-0.05, 0) is 37.6 Å². The first-order chi connectivity index (χ1) is 9.00. The van der Waals surface area contributed by atoms with E-state index >= 15 is 0 Å². The number of aliphatic hydroxyl groups is 1. The minimum Gasteiger partial charge on any atom is -0.389 e. The molecule has 3 nitrogen and oxygen atoms in total. The van der Waals surface area contributed by atoms with Gasteiger partial charge in [-0.2, -0.15) is 0 Å². The molecule has 1 aliphatic rings. The fraction of sp³-hybridized carbons (Fsp3) is 0.600. The quantitative estimate of drug-likeness (QED) is 0.920. The lowest BCUT2D eigenvalue weighted by Gasteiger charge is -2.39. The molecular weight excluding hydrogens is 260 g/mol. The van der Waals surface area contributed by atoms with Gasteiger partial charge in [0.05, 0.1) is 5.60 Å². The van der Waals surface area contributed by atoms with Crippen molar-refractivity contribution in [3.05, 3.63) is 29.3 Å². The van der Waals surface area contributed by atoms with E-state index in [0.717, 1.165) is 44.2 Å². The van der Waals surface area contributed by atoms with Crippen LogP contribution in [0.5, 0.6) is 0 Å². The average molecular weight is 283 g/mol. The Morgan fingerprint density at radius 3 is 2.26 bits per heavy atom. The van der Waals surface area contributed by atoms with Gasteiger partial charge in [-0.1, -0.05) is 18.5 Å². The van der Waals surface area contributed by atoms with Gasteiger partial charge in [0.1, 0.15) is 0 Å². The molecule has 1 aromatic carbocycles. The molecule has 1 atom stereocenters. The number of piperazine rings is 1. The fourth-order valence-electron chi connectivity index (χ4n) is 2.41. The Bertz CT molecular complexity index is 397. The van der Waals surface area contributed by atoms with Crippen LogP contribution < -0.4 is 4.90 Å². The smallest absolute Gasteiger partial charge is 0.0743 e. The van der Waals surface area contributed by atoms with Crippen molar-refractivity contribution in [3.63, 3.8) is 0 Å². The maximum Gasteiger partial charge on any atom is 0.0743 e. The second kappa shape index (κ2) is 6.12. The molecule has 1 N–H and O–H groups in total. The second-order valence-corrected chi connectivity index (χ2v) is 6.03. The fourth-order valence-corrected chi connectivity index (χ4v) is 2.54. The average Bonchev–Trinajstić information content (AvgIpc) is 2.40. The van der Waals surface area contributed by atoms with Crippen LogP contribution in [0.1, 0.15) is 20.3 Å². The second-order valence-electron chi connectivity index (χ2n) is 5.59. The normalized spacial score (nSPS) is 20.3. The van der Waals surface area contributed by atoms with Crippen molar-refractivity contribution < 1.29 is 5.11 Å². The Morgan fingerprint density at radius 1 is 1.16 bits per heavy atom. The van der Waals surface area contributed by atoms with Gasteiger partial charge in [0.15, 0.2) is 0 Å². The van der Waals surface area contributed by atoms with Gasteiger partial charge < -0.3 is 10.0 Å². The van der Waals surface area contributed by atoms with Gasteiger partial charge in [0, 0.05) is 43.4 Å². The molecule has 0 radical (unpaired) electrons. The van der Waals surface area contributed by atoms with Crippen LogP contribution in [0.4, 0.5) is 5.69 Å². The number of hydrogen-bond acceptors (Lipinski definition) is 3. The van der Waals surface area contributed by atoms with Gasteiger partial charge in [0.2, 0.25) is 0 Å². The summed E-state index contributed by atoms with van der Waals surface area (Å²) in [6.45, 7) is 8.71. The van der Waals surface area contributed by atoms with Crippen LogP contribution in [0.3, 0.4) is 0 Å². The van der Waals surface area contributed by atoms with E-state index in [0.29, 0.717) is 0 Å². The predicted molar refractivity (Wildman–Crippen MR) is 81.0 cm³/mol. The number of anilines is 1. The monoisotopic (exact) mass is 282 g/mol. The van der Waals surface area contributed by atoms with Gasteiger partial charge in [0.25, 0.3) is 0 Å². The Morgan fingerprint density at radius 2 is 1.74 bits per heavy atom. The maximum absolute atomic E-state index is 10.1. The molecule has 1 saturated heterocycles. The SMILES string of the molecule is CCC(C)(O)CN1CCN(c2ccc(Cl)cc2)CC1. The first-order valence-corrected chi connectivity index (χ1v) is 7.33. The molecule has 0 amide bonds. The molecule has 0 aromatic heterocycles. The van der Waals surface area contributed by atoms with E-state index in [-0.39, 0.29) is 0 Å². The van der Waals surface area contributed by atoms with Gasteiger partial charge in [-0.15, -0.1) is 0 Å². The molecular formula is C15H23ClN2O. The number of halogens is 1. The van der Waals surface area contributed by atoms with Crippen molar-refractivity contribution in [3.8, 4) is 0 Å². The van der Waals surface area contributed by atoms with Crippen molar-refractivity contribution in [2.24, 2.45) is 0 Å². The molecule has 0 bridgehead atoms. The highest BCUT2D eigenvalue weighted by atomic mass is 35.5. The third kappa shape index (κ3) is 4.10. The largest absolute Gasteiger partial charge is 0.389 e. The highest BCUT2D eigenvalue weighted by Crippen LogP contribution is 2.20. The zero-order valence-corrected chi connectivity index (χ0v) is 12.5. The molecule has 1 aromatic rings. The third-order valence-electron chi connectivity index (χ3n) is 3.89. The maximum atomic E-state index is 10.1. The molecule has 1 aliphatic heterocycles. The summed E-state index contributed by atoms with van der Waals surface area (Å²) in [6, 6.07) is 8.01. The van der Waals surface area contributed by atoms with E-state index in [9.17, 15) is 5.11 Å². The topological polar surface area (TPSA) is 26.7 Å². The minimum atomic E-state index is -0.567. The van der Waals surface area contributed by atoms with E-state index in [2.05, 4.69) is 21.9 Å². The third-order valence-corrected chi connectivity index (χ3v) is 4.14. The van der Waals surface area contributed by atoms with E-state index in [1.54, 1.807) is 0 Å². The van der Waals surface area contributed by atoms with Crippen molar-refractivity contribution in [1.82, 2.24) is 4.90 Å². The Labute approximate surface area is 120 Å². The summed E-state index contributed by atoms with van der Waals surface area (Å²) in [5.74, 6) is 0. The van der Waals surface area contributed by atoms with Gasteiger partial charge >= 0.3 is 0 Å². The molecule has 2 rings (SSSR count). The minimum absolute atomic E-state index is 0.567. The summed E-state index contributed by atoms with van der Waals surface area (Å²) in [6.07, 6.45) is 0.796. The van der Waals surface area contributed by atoms with Crippen LogP contribution in [-0.2, 0) is 0 Å². The number of rotatable bonds is 4. The number of β-amino-alcohol motifs (C(OH)–C–C–N with tert-alkyl or cyclic N) is 1.